The largest absolute Gasteiger partial charge is 0.352 e. The van der Waals surface area contributed by atoms with E-state index in [0.717, 1.165) is 36.6 Å². The van der Waals surface area contributed by atoms with E-state index in [9.17, 15) is 27.4 Å². The molecule has 0 bridgehead atoms. The number of amides is 3. The number of nitrogens with zero attached hydrogens (tertiary/aromatic N) is 1. The van der Waals surface area contributed by atoms with E-state index in [2.05, 4.69) is 10.6 Å². The maximum atomic E-state index is 13.7. The molecule has 1 unspecified atom stereocenters. The van der Waals surface area contributed by atoms with Gasteiger partial charge in [0, 0.05) is 28.2 Å². The first kappa shape index (κ1) is 24.5. The Morgan fingerprint density at radius 1 is 0.939 bits per heavy atom. The molecule has 0 heterocycles. The molecular formula is C23H25F2N3O4S. The van der Waals surface area contributed by atoms with Crippen molar-refractivity contribution in [2.75, 3.05) is 28.3 Å². The van der Waals surface area contributed by atoms with Gasteiger partial charge in [-0.2, -0.15) is 0 Å². The van der Waals surface area contributed by atoms with Crippen LogP contribution < -0.4 is 15.5 Å². The number of anilines is 2. The van der Waals surface area contributed by atoms with Gasteiger partial charge in [-0.05, 0) is 55.3 Å². The van der Waals surface area contributed by atoms with Crippen molar-refractivity contribution in [3.05, 3.63) is 60.2 Å². The van der Waals surface area contributed by atoms with Gasteiger partial charge in [0.25, 0.3) is 0 Å². The van der Waals surface area contributed by atoms with E-state index in [-0.39, 0.29) is 24.2 Å². The standard InChI is InChI=1S/C23H25F2N3O4S/c24-16-8-10-19(11-9-16)27-22(30)14-33(32)15-23(31)28(20-7-3-4-17(25)12-20)13-21(29)26-18-5-1-2-6-18/h3-4,7-12,18H,1-2,5-6,13-15H2,(H,26,29)(H,27,30). The molecule has 176 valence electrons. The van der Waals surface area contributed by atoms with Crippen molar-refractivity contribution < 1.29 is 27.4 Å². The molecule has 0 spiro atoms. The summed E-state index contributed by atoms with van der Waals surface area (Å²) in [5, 5.41) is 5.35. The van der Waals surface area contributed by atoms with Crippen LogP contribution in [0.25, 0.3) is 0 Å². The van der Waals surface area contributed by atoms with E-state index in [1.165, 1.54) is 42.5 Å². The van der Waals surface area contributed by atoms with Crippen LogP contribution in [0.4, 0.5) is 20.2 Å². The third-order valence-electron chi connectivity index (χ3n) is 5.15. The van der Waals surface area contributed by atoms with Crippen molar-refractivity contribution in [2.45, 2.75) is 31.7 Å². The molecule has 1 atom stereocenters. The van der Waals surface area contributed by atoms with Crippen LogP contribution >= 0.6 is 0 Å². The summed E-state index contributed by atoms with van der Waals surface area (Å²) >= 11 is 0. The summed E-state index contributed by atoms with van der Waals surface area (Å²) in [6, 6.07) is 10.3. The van der Waals surface area contributed by atoms with Gasteiger partial charge in [-0.3, -0.25) is 18.6 Å². The second kappa shape index (κ2) is 11.6. The summed E-state index contributed by atoms with van der Waals surface area (Å²) in [6.45, 7) is -0.349. The molecule has 3 amide bonds. The number of carbonyl (C=O) groups is 3. The topological polar surface area (TPSA) is 95.6 Å². The van der Waals surface area contributed by atoms with Crippen LogP contribution in [0.3, 0.4) is 0 Å². The van der Waals surface area contributed by atoms with Gasteiger partial charge in [0.1, 0.15) is 29.7 Å². The van der Waals surface area contributed by atoms with Gasteiger partial charge in [-0.15, -0.1) is 0 Å². The molecule has 0 radical (unpaired) electrons. The van der Waals surface area contributed by atoms with Crippen LogP contribution in [-0.2, 0) is 25.2 Å². The fourth-order valence-corrected chi connectivity index (χ4v) is 4.50. The number of benzene rings is 2. The van der Waals surface area contributed by atoms with E-state index in [1.807, 2.05) is 0 Å². The average molecular weight is 478 g/mol. The van der Waals surface area contributed by atoms with Gasteiger partial charge >= 0.3 is 0 Å². The molecule has 2 aromatic rings. The van der Waals surface area contributed by atoms with Crippen LogP contribution in [-0.4, -0.2) is 46.0 Å². The summed E-state index contributed by atoms with van der Waals surface area (Å²) in [4.78, 5) is 38.6. The van der Waals surface area contributed by atoms with Gasteiger partial charge in [0.2, 0.25) is 17.7 Å². The number of halogens is 2. The zero-order chi connectivity index (χ0) is 23.8. The second-order valence-electron chi connectivity index (χ2n) is 7.79. The highest BCUT2D eigenvalue weighted by molar-refractivity contribution is 7.86. The van der Waals surface area contributed by atoms with Crippen LogP contribution in [0, 0.1) is 11.6 Å². The summed E-state index contributed by atoms with van der Waals surface area (Å²) in [7, 11) is -1.88. The lowest BCUT2D eigenvalue weighted by molar-refractivity contribution is -0.123. The first-order valence-electron chi connectivity index (χ1n) is 10.6. The van der Waals surface area contributed by atoms with Gasteiger partial charge in [0.15, 0.2) is 0 Å². The summed E-state index contributed by atoms with van der Waals surface area (Å²) < 4.78 is 39.2. The van der Waals surface area contributed by atoms with Crippen molar-refractivity contribution in [1.82, 2.24) is 5.32 Å². The third kappa shape index (κ3) is 7.74. The van der Waals surface area contributed by atoms with E-state index in [0.29, 0.717) is 5.69 Å². The minimum Gasteiger partial charge on any atom is -0.352 e. The van der Waals surface area contributed by atoms with E-state index in [4.69, 9.17) is 0 Å². The van der Waals surface area contributed by atoms with Crippen molar-refractivity contribution in [1.29, 1.82) is 0 Å². The second-order valence-corrected chi connectivity index (χ2v) is 9.25. The molecule has 0 aliphatic heterocycles. The Morgan fingerprint density at radius 2 is 1.64 bits per heavy atom. The quantitative estimate of drug-likeness (QED) is 0.581. The van der Waals surface area contributed by atoms with Crippen LogP contribution in [0.5, 0.6) is 0 Å². The predicted molar refractivity (Wildman–Crippen MR) is 122 cm³/mol. The zero-order valence-electron chi connectivity index (χ0n) is 17.9. The summed E-state index contributed by atoms with van der Waals surface area (Å²) in [5.41, 5.74) is 0.490. The number of carbonyl (C=O) groups excluding carboxylic acids is 3. The first-order chi connectivity index (χ1) is 15.8. The van der Waals surface area contributed by atoms with Crippen molar-refractivity contribution >= 4 is 39.9 Å². The Labute approximate surface area is 193 Å². The van der Waals surface area contributed by atoms with Gasteiger partial charge in [-0.1, -0.05) is 18.9 Å². The highest BCUT2D eigenvalue weighted by Crippen LogP contribution is 2.19. The lowest BCUT2D eigenvalue weighted by Crippen LogP contribution is -2.45. The number of hydrogen-bond acceptors (Lipinski definition) is 4. The molecule has 3 rings (SSSR count). The summed E-state index contributed by atoms with van der Waals surface area (Å²) in [6.07, 6.45) is 3.78. The SMILES string of the molecule is O=C(CS(=O)CC(=O)N(CC(=O)NC1CCCC1)c1cccc(F)c1)Nc1ccc(F)cc1. The number of rotatable bonds is 9. The molecule has 7 nitrogen and oxygen atoms in total. The Balaban J connectivity index is 1.61. The highest BCUT2D eigenvalue weighted by Gasteiger charge is 2.24. The molecule has 10 heteroatoms. The molecule has 2 aromatic carbocycles. The molecule has 33 heavy (non-hydrogen) atoms. The van der Waals surface area contributed by atoms with E-state index < -0.39 is 45.8 Å². The molecule has 1 saturated carbocycles. The van der Waals surface area contributed by atoms with E-state index in [1.54, 1.807) is 0 Å². The number of nitrogens with one attached hydrogen (secondary N) is 2. The maximum Gasteiger partial charge on any atom is 0.240 e. The fourth-order valence-electron chi connectivity index (χ4n) is 3.60. The minimum atomic E-state index is -1.88. The summed E-state index contributed by atoms with van der Waals surface area (Å²) in [5.74, 6) is -3.70. The third-order valence-corrected chi connectivity index (χ3v) is 6.30. The number of hydrogen-bond donors (Lipinski definition) is 2. The average Bonchev–Trinajstić information content (AvgIpc) is 3.26. The highest BCUT2D eigenvalue weighted by atomic mass is 32.2. The Morgan fingerprint density at radius 3 is 2.30 bits per heavy atom. The minimum absolute atomic E-state index is 0.0475. The maximum absolute atomic E-state index is 13.7. The van der Waals surface area contributed by atoms with Crippen molar-refractivity contribution in [3.8, 4) is 0 Å². The van der Waals surface area contributed by atoms with Crippen molar-refractivity contribution in [3.63, 3.8) is 0 Å². The van der Waals surface area contributed by atoms with Gasteiger partial charge < -0.3 is 15.5 Å². The normalized spacial score (nSPS) is 14.5. The molecule has 2 N–H and O–H groups in total. The fraction of sp³-hybridized carbons (Fsp3) is 0.348. The van der Waals surface area contributed by atoms with Gasteiger partial charge in [0.05, 0.1) is 0 Å². The molecule has 0 saturated heterocycles. The Hall–Kier alpha value is -3.14. The monoisotopic (exact) mass is 477 g/mol. The molecular weight excluding hydrogens is 452 g/mol. The molecule has 1 fully saturated rings. The molecule has 1 aliphatic rings. The predicted octanol–water partition coefficient (Wildman–Crippen LogP) is 2.74. The first-order valence-corrected chi connectivity index (χ1v) is 12.0. The van der Waals surface area contributed by atoms with Crippen LogP contribution in [0.1, 0.15) is 25.7 Å². The molecule has 1 aliphatic carbocycles. The lowest BCUT2D eigenvalue weighted by Gasteiger charge is -2.23. The Bertz CT molecular complexity index is 1030. The smallest absolute Gasteiger partial charge is 0.240 e. The van der Waals surface area contributed by atoms with Crippen LogP contribution in [0.2, 0.25) is 0 Å². The Kier molecular flexibility index (Phi) is 8.65. The lowest BCUT2D eigenvalue weighted by atomic mass is 10.2. The van der Waals surface area contributed by atoms with Crippen LogP contribution in [0.15, 0.2) is 48.5 Å². The van der Waals surface area contributed by atoms with Gasteiger partial charge in [-0.25, -0.2) is 8.78 Å². The zero-order valence-corrected chi connectivity index (χ0v) is 18.7. The molecule has 0 aromatic heterocycles. The van der Waals surface area contributed by atoms with Crippen molar-refractivity contribution in [2.24, 2.45) is 0 Å². The van der Waals surface area contributed by atoms with E-state index >= 15 is 0 Å².